The molecule has 0 saturated carbocycles. The van der Waals surface area contributed by atoms with Crippen molar-refractivity contribution in [3.05, 3.63) is 153 Å². The van der Waals surface area contributed by atoms with Crippen LogP contribution in [0.3, 0.4) is 0 Å². The maximum absolute atomic E-state index is 13.6. The van der Waals surface area contributed by atoms with E-state index in [2.05, 4.69) is 9.69 Å². The summed E-state index contributed by atoms with van der Waals surface area (Å²) in [6, 6.07) is 27.2. The van der Waals surface area contributed by atoms with Gasteiger partial charge in [-0.15, -0.1) is 0 Å². The maximum atomic E-state index is 13.6. The van der Waals surface area contributed by atoms with Crippen LogP contribution in [0.25, 0.3) is 54.2 Å². The normalized spacial score (nSPS) is 15.2. The second kappa shape index (κ2) is 9.34. The fourth-order valence-corrected chi connectivity index (χ4v) is 5.41. The minimum atomic E-state index is -0.361. The van der Waals surface area contributed by atoms with Crippen LogP contribution in [0, 0.1) is 47.4 Å². The molecule has 0 aromatic heterocycles. The summed E-state index contributed by atoms with van der Waals surface area (Å²) in [4.78, 5) is 7.05. The van der Waals surface area contributed by atoms with E-state index in [1.807, 2.05) is 48.5 Å². The van der Waals surface area contributed by atoms with E-state index in [4.69, 9.17) is 13.1 Å². The quantitative estimate of drug-likeness (QED) is 0.198. The van der Waals surface area contributed by atoms with Crippen molar-refractivity contribution in [1.29, 1.82) is 10.5 Å². The van der Waals surface area contributed by atoms with Gasteiger partial charge in [-0.3, -0.25) is 0 Å². The molecule has 40 heavy (non-hydrogen) atoms. The molecule has 0 atom stereocenters. The standard InChI is InChI=1S/C34H14F2N4/c1-39-29(17-37)31-27-15-21(19-3-9-23(35)10-4-19)7-13-25(27)34-32(30(18-38)40-2)28-16-22(8-14-26(28)33(31)34)20-5-11-24(36)12-6-20/h3-16H/b31-29-,32-30+. The molecule has 0 fully saturated rings. The van der Waals surface area contributed by atoms with Gasteiger partial charge in [-0.2, -0.15) is 0 Å². The van der Waals surface area contributed by atoms with E-state index in [9.17, 15) is 19.3 Å². The lowest BCUT2D eigenvalue weighted by molar-refractivity contribution is 0.627. The Kier molecular flexibility index (Phi) is 5.67. The fraction of sp³-hybridized carbons (Fsp3) is 0. The van der Waals surface area contributed by atoms with Crippen LogP contribution in [0.2, 0.25) is 0 Å². The first-order valence-electron chi connectivity index (χ1n) is 12.1. The molecule has 0 saturated heterocycles. The summed E-state index contributed by atoms with van der Waals surface area (Å²) in [6.07, 6.45) is 0. The lowest BCUT2D eigenvalue weighted by atomic mass is 9.88. The van der Waals surface area contributed by atoms with Gasteiger partial charge < -0.3 is 0 Å². The van der Waals surface area contributed by atoms with Crippen LogP contribution in [-0.4, -0.2) is 0 Å². The van der Waals surface area contributed by atoms with E-state index in [0.717, 1.165) is 22.3 Å². The van der Waals surface area contributed by atoms with Crippen LogP contribution in [0.4, 0.5) is 8.78 Å². The smallest absolute Gasteiger partial charge is 0.226 e. The van der Waals surface area contributed by atoms with Crippen LogP contribution in [0.1, 0.15) is 22.3 Å². The molecule has 0 bridgehead atoms. The first-order valence-corrected chi connectivity index (χ1v) is 12.1. The molecule has 0 N–H and O–H groups in total. The van der Waals surface area contributed by atoms with Crippen molar-refractivity contribution in [1.82, 2.24) is 0 Å². The van der Waals surface area contributed by atoms with Gasteiger partial charge in [0.1, 0.15) is 11.6 Å². The highest BCUT2D eigenvalue weighted by Gasteiger charge is 2.39. The van der Waals surface area contributed by atoms with Gasteiger partial charge in [-0.1, -0.05) is 48.5 Å². The number of fused-ring (bicyclic) bond motifs is 4. The van der Waals surface area contributed by atoms with Crippen molar-refractivity contribution in [2.75, 3.05) is 0 Å². The molecule has 6 rings (SSSR count). The maximum Gasteiger partial charge on any atom is 0.270 e. The van der Waals surface area contributed by atoms with Crippen molar-refractivity contribution in [3.8, 4) is 34.4 Å². The highest BCUT2D eigenvalue weighted by molar-refractivity contribution is 6.37. The zero-order valence-corrected chi connectivity index (χ0v) is 20.6. The number of hydrogen-bond donors (Lipinski definition) is 0. The van der Waals surface area contributed by atoms with E-state index in [1.54, 1.807) is 24.3 Å². The third-order valence-electron chi connectivity index (χ3n) is 7.13. The molecule has 2 aliphatic rings. The van der Waals surface area contributed by atoms with Crippen molar-refractivity contribution in [3.63, 3.8) is 0 Å². The Bertz CT molecular complexity index is 1850. The lowest BCUT2D eigenvalue weighted by Crippen LogP contribution is -1.96. The molecule has 6 heteroatoms. The predicted octanol–water partition coefficient (Wildman–Crippen LogP) is 8.54. The number of nitriles is 2. The van der Waals surface area contributed by atoms with Gasteiger partial charge in [-0.05, 0) is 92.1 Å². The first kappa shape index (κ1) is 24.3. The summed E-state index contributed by atoms with van der Waals surface area (Å²) in [5.74, 6) is -0.721. The van der Waals surface area contributed by atoms with Crippen molar-refractivity contribution < 1.29 is 8.78 Å². The van der Waals surface area contributed by atoms with E-state index < -0.39 is 0 Å². The minimum absolute atomic E-state index is 0.112. The van der Waals surface area contributed by atoms with Gasteiger partial charge in [0.15, 0.2) is 0 Å². The average Bonchev–Trinajstić information content (AvgIpc) is 3.48. The van der Waals surface area contributed by atoms with Crippen LogP contribution >= 0.6 is 0 Å². The number of halogens is 2. The Balaban J connectivity index is 1.64. The van der Waals surface area contributed by atoms with Gasteiger partial charge in [0.2, 0.25) is 0 Å². The Morgan fingerprint density at radius 1 is 0.525 bits per heavy atom. The van der Waals surface area contributed by atoms with E-state index in [0.29, 0.717) is 44.5 Å². The molecule has 0 spiro atoms. The summed E-state index contributed by atoms with van der Waals surface area (Å²) in [6.45, 7) is 15.5. The molecule has 4 aromatic carbocycles. The second-order valence-corrected chi connectivity index (χ2v) is 9.18. The Labute approximate surface area is 228 Å². The highest BCUT2D eigenvalue weighted by Crippen LogP contribution is 2.60. The molecule has 0 aliphatic heterocycles. The Hall–Kier alpha value is -6.08. The zero-order valence-electron chi connectivity index (χ0n) is 20.6. The third-order valence-corrected chi connectivity index (χ3v) is 7.13. The average molecular weight is 517 g/mol. The Morgan fingerprint density at radius 2 is 0.875 bits per heavy atom. The number of benzene rings is 4. The van der Waals surface area contributed by atoms with Gasteiger partial charge in [0.05, 0.1) is 25.3 Å². The number of hydrogen-bond acceptors (Lipinski definition) is 2. The van der Waals surface area contributed by atoms with Crippen molar-refractivity contribution in [2.24, 2.45) is 0 Å². The molecule has 0 unspecified atom stereocenters. The third kappa shape index (κ3) is 3.61. The Morgan fingerprint density at radius 3 is 1.20 bits per heavy atom. The lowest BCUT2D eigenvalue weighted by Gasteiger charge is -2.15. The number of rotatable bonds is 2. The molecule has 4 aromatic rings. The van der Waals surface area contributed by atoms with Gasteiger partial charge in [-0.25, -0.2) is 29.0 Å². The molecule has 0 amide bonds. The van der Waals surface area contributed by atoms with Crippen LogP contribution < -0.4 is 0 Å². The predicted molar refractivity (Wildman–Crippen MR) is 149 cm³/mol. The topological polar surface area (TPSA) is 56.3 Å². The van der Waals surface area contributed by atoms with E-state index in [-0.39, 0.29) is 23.0 Å². The monoisotopic (exact) mass is 516 g/mol. The van der Waals surface area contributed by atoms with Gasteiger partial charge in [0.25, 0.3) is 11.4 Å². The molecule has 0 heterocycles. The molecule has 4 nitrogen and oxygen atoms in total. The largest absolute Gasteiger partial charge is 0.270 e. The number of allylic oxidation sites excluding steroid dienone is 6. The van der Waals surface area contributed by atoms with Gasteiger partial charge >= 0.3 is 0 Å². The summed E-state index contributed by atoms with van der Waals surface area (Å²) >= 11 is 0. The van der Waals surface area contributed by atoms with Gasteiger partial charge in [0, 0.05) is 11.1 Å². The summed E-state index contributed by atoms with van der Waals surface area (Å²) in [5.41, 5.74) is 7.57. The molecule has 184 valence electrons. The van der Waals surface area contributed by atoms with Crippen molar-refractivity contribution >= 4 is 22.3 Å². The second-order valence-electron chi connectivity index (χ2n) is 9.18. The van der Waals surface area contributed by atoms with Crippen molar-refractivity contribution in [2.45, 2.75) is 0 Å². The molecule has 2 aliphatic carbocycles. The highest BCUT2D eigenvalue weighted by atomic mass is 19.1. The molecular weight excluding hydrogens is 502 g/mol. The number of nitrogens with zero attached hydrogens (tertiary/aromatic N) is 4. The van der Waals surface area contributed by atoms with E-state index in [1.165, 1.54) is 24.3 Å². The first-order chi connectivity index (χ1) is 19.5. The van der Waals surface area contributed by atoms with E-state index >= 15 is 0 Å². The minimum Gasteiger partial charge on any atom is -0.226 e. The van der Waals surface area contributed by atoms with Crippen LogP contribution in [0.5, 0.6) is 0 Å². The molecular formula is C34H14F2N4. The van der Waals surface area contributed by atoms with Crippen LogP contribution in [-0.2, 0) is 0 Å². The fourth-order valence-electron chi connectivity index (χ4n) is 5.41. The molecule has 0 radical (unpaired) electrons. The van der Waals surface area contributed by atoms with Crippen LogP contribution in [0.15, 0.2) is 96.3 Å². The summed E-state index contributed by atoms with van der Waals surface area (Å²) in [5, 5.41) is 19.9. The zero-order chi connectivity index (χ0) is 28.0. The summed E-state index contributed by atoms with van der Waals surface area (Å²) < 4.78 is 27.1. The SMILES string of the molecule is [C-]#[N+]/C(C#N)=C1C2=C(/C(=C(\C#N)[N+]#[C-])c3cc(-c4ccc(F)cc4)ccc32)c2ccc(-c3ccc(F)cc3)cc2\1. The summed E-state index contributed by atoms with van der Waals surface area (Å²) in [7, 11) is 0.